The maximum Gasteiger partial charge on any atom is 0.248 e. The van der Waals surface area contributed by atoms with E-state index in [9.17, 15) is 9.18 Å². The highest BCUT2D eigenvalue weighted by Gasteiger charge is 2.33. The van der Waals surface area contributed by atoms with Crippen LogP contribution in [-0.4, -0.2) is 35.2 Å². The zero-order valence-electron chi connectivity index (χ0n) is 11.3. The minimum atomic E-state index is -0.946. The molecule has 2 atom stereocenters. The molecule has 106 valence electrons. The third kappa shape index (κ3) is 2.81. The van der Waals surface area contributed by atoms with Crippen molar-refractivity contribution in [3.05, 3.63) is 34.9 Å². The minimum Gasteiger partial charge on any atom is -0.387 e. The van der Waals surface area contributed by atoms with Crippen molar-refractivity contribution in [3.8, 4) is 6.07 Å². The van der Waals surface area contributed by atoms with Gasteiger partial charge in [0.25, 0.3) is 0 Å². The molecule has 5 heteroatoms. The van der Waals surface area contributed by atoms with E-state index >= 15 is 0 Å². The number of benzene rings is 1. The molecule has 1 amide bonds. The van der Waals surface area contributed by atoms with E-state index < -0.39 is 12.8 Å². The molecule has 1 aromatic rings. The van der Waals surface area contributed by atoms with Crippen molar-refractivity contribution in [1.82, 2.24) is 4.90 Å². The van der Waals surface area contributed by atoms with E-state index in [0.29, 0.717) is 18.5 Å². The van der Waals surface area contributed by atoms with E-state index in [0.717, 1.165) is 11.1 Å². The van der Waals surface area contributed by atoms with Crippen molar-refractivity contribution >= 4 is 5.91 Å². The third-order valence-electron chi connectivity index (χ3n) is 3.75. The Bertz CT molecular complexity index is 553. The predicted molar refractivity (Wildman–Crippen MR) is 71.6 cm³/mol. The number of aryl methyl sites for hydroxylation is 1. The predicted octanol–water partition coefficient (Wildman–Crippen LogP) is 1.86. The smallest absolute Gasteiger partial charge is 0.248 e. The van der Waals surface area contributed by atoms with Crippen molar-refractivity contribution in [3.63, 3.8) is 0 Å². The highest BCUT2D eigenvalue weighted by molar-refractivity contribution is 5.78. The lowest BCUT2D eigenvalue weighted by Crippen LogP contribution is -2.43. The molecule has 0 aliphatic carbocycles. The molecule has 0 spiro atoms. The van der Waals surface area contributed by atoms with Gasteiger partial charge < -0.3 is 10.0 Å². The lowest BCUT2D eigenvalue weighted by molar-refractivity contribution is -0.139. The van der Waals surface area contributed by atoms with Crippen LogP contribution < -0.4 is 0 Å². The van der Waals surface area contributed by atoms with Gasteiger partial charge in [-0.1, -0.05) is 6.07 Å². The number of hydrogen-bond donors (Lipinski definition) is 1. The first-order valence-electron chi connectivity index (χ1n) is 6.62. The minimum absolute atomic E-state index is 0.235. The maximum atomic E-state index is 13.7. The highest BCUT2D eigenvalue weighted by atomic mass is 19.1. The summed E-state index contributed by atoms with van der Waals surface area (Å²) in [7, 11) is 0. The van der Waals surface area contributed by atoms with Gasteiger partial charge in [-0.2, -0.15) is 5.26 Å². The third-order valence-corrected chi connectivity index (χ3v) is 3.75. The quantitative estimate of drug-likeness (QED) is 0.896. The summed E-state index contributed by atoms with van der Waals surface area (Å²) in [5, 5.41) is 17.9. The van der Waals surface area contributed by atoms with Gasteiger partial charge >= 0.3 is 0 Å². The van der Waals surface area contributed by atoms with Crippen molar-refractivity contribution in [2.75, 3.05) is 13.2 Å². The second-order valence-electron chi connectivity index (χ2n) is 5.07. The summed E-state index contributed by atoms with van der Waals surface area (Å²) >= 11 is 0. The number of carbonyl (C=O) groups excluding carboxylic acids is 1. The molecule has 0 aromatic heterocycles. The molecule has 1 heterocycles. The fraction of sp³-hybridized carbons (Fsp3) is 0.467. The number of amides is 1. The largest absolute Gasteiger partial charge is 0.387 e. The van der Waals surface area contributed by atoms with E-state index in [2.05, 4.69) is 6.07 Å². The van der Waals surface area contributed by atoms with Crippen LogP contribution in [0.2, 0.25) is 0 Å². The summed E-state index contributed by atoms with van der Waals surface area (Å²) in [5.41, 5.74) is 2.24. The molecule has 1 aromatic carbocycles. The summed E-state index contributed by atoms with van der Waals surface area (Å²) in [6.07, 6.45) is -0.409. The Kier molecular flexibility index (Phi) is 4.35. The average molecular weight is 276 g/mol. The topological polar surface area (TPSA) is 64.3 Å². The van der Waals surface area contributed by atoms with Crippen LogP contribution in [0.4, 0.5) is 4.39 Å². The molecule has 20 heavy (non-hydrogen) atoms. The number of halogens is 1. The summed E-state index contributed by atoms with van der Waals surface area (Å²) in [4.78, 5) is 13.3. The summed E-state index contributed by atoms with van der Waals surface area (Å²) in [6, 6.07) is 6.87. The van der Waals surface area contributed by atoms with Crippen molar-refractivity contribution < 1.29 is 14.3 Å². The number of nitriles is 1. The number of rotatable bonds is 2. The van der Waals surface area contributed by atoms with Crippen LogP contribution in [0.25, 0.3) is 0 Å². The Morgan fingerprint density at radius 2 is 2.35 bits per heavy atom. The molecule has 2 unspecified atom stereocenters. The first-order valence-corrected chi connectivity index (χ1v) is 6.62. The average Bonchev–Trinajstić information content (AvgIpc) is 2.46. The second-order valence-corrected chi connectivity index (χ2v) is 5.07. The van der Waals surface area contributed by atoms with Crippen LogP contribution >= 0.6 is 0 Å². The number of aliphatic hydroxyl groups is 1. The fourth-order valence-electron chi connectivity index (χ4n) is 2.73. The molecule has 1 aliphatic rings. The number of alkyl halides is 1. The molecule has 1 aliphatic heterocycles. The van der Waals surface area contributed by atoms with Crippen LogP contribution in [0.1, 0.15) is 35.6 Å². The van der Waals surface area contributed by atoms with Gasteiger partial charge in [0.2, 0.25) is 5.91 Å². The summed E-state index contributed by atoms with van der Waals surface area (Å²) in [6.45, 7) is 1.59. The van der Waals surface area contributed by atoms with E-state index in [1.807, 2.05) is 6.92 Å². The van der Waals surface area contributed by atoms with Gasteiger partial charge in [-0.15, -0.1) is 0 Å². The van der Waals surface area contributed by atoms with Gasteiger partial charge in [0.15, 0.2) is 0 Å². The van der Waals surface area contributed by atoms with Crippen LogP contribution in [0, 0.1) is 18.3 Å². The molecule has 0 saturated carbocycles. The van der Waals surface area contributed by atoms with Gasteiger partial charge in [-0.3, -0.25) is 4.79 Å². The normalized spacial score (nSPS) is 22.4. The van der Waals surface area contributed by atoms with Crippen molar-refractivity contribution in [2.24, 2.45) is 0 Å². The zero-order chi connectivity index (χ0) is 14.7. The molecule has 1 saturated heterocycles. The Balaban J connectivity index is 2.35. The fourth-order valence-corrected chi connectivity index (χ4v) is 2.73. The molecule has 1 N–H and O–H groups in total. The molecule has 0 bridgehead atoms. The van der Waals surface area contributed by atoms with Crippen LogP contribution in [0.5, 0.6) is 0 Å². The number of carbonyl (C=O) groups is 1. The number of aliphatic hydroxyl groups excluding tert-OH is 1. The van der Waals surface area contributed by atoms with Crippen molar-refractivity contribution in [1.29, 1.82) is 5.26 Å². The summed E-state index contributed by atoms with van der Waals surface area (Å²) < 4.78 is 13.7. The van der Waals surface area contributed by atoms with E-state index in [4.69, 9.17) is 10.4 Å². The SMILES string of the molecule is Cc1cc(C#N)ccc1C1CC(F)CCN1C(=O)CO. The van der Waals surface area contributed by atoms with E-state index in [1.54, 1.807) is 18.2 Å². The van der Waals surface area contributed by atoms with Gasteiger partial charge in [-0.25, -0.2) is 4.39 Å². The number of likely N-dealkylation sites (tertiary alicyclic amines) is 1. The Morgan fingerprint density at radius 1 is 1.60 bits per heavy atom. The van der Waals surface area contributed by atoms with E-state index in [-0.39, 0.29) is 18.4 Å². The number of hydrogen-bond acceptors (Lipinski definition) is 3. The zero-order valence-corrected chi connectivity index (χ0v) is 11.3. The molecule has 2 rings (SSSR count). The van der Waals surface area contributed by atoms with Gasteiger partial charge in [0, 0.05) is 13.0 Å². The molecular formula is C15H17FN2O2. The van der Waals surface area contributed by atoms with Gasteiger partial charge in [0.1, 0.15) is 12.8 Å². The number of nitrogens with zero attached hydrogens (tertiary/aromatic N) is 2. The Hall–Kier alpha value is -1.93. The summed E-state index contributed by atoms with van der Waals surface area (Å²) in [5.74, 6) is -0.384. The van der Waals surface area contributed by atoms with E-state index in [1.165, 1.54) is 4.90 Å². The molecule has 4 nitrogen and oxygen atoms in total. The monoisotopic (exact) mass is 276 g/mol. The highest BCUT2D eigenvalue weighted by Crippen LogP contribution is 2.34. The Morgan fingerprint density at radius 3 is 2.95 bits per heavy atom. The first kappa shape index (κ1) is 14.5. The first-order chi connectivity index (χ1) is 9.56. The van der Waals surface area contributed by atoms with Gasteiger partial charge in [-0.05, 0) is 36.6 Å². The number of piperidine rings is 1. The van der Waals surface area contributed by atoms with Crippen molar-refractivity contribution in [2.45, 2.75) is 32.0 Å². The molecule has 0 radical (unpaired) electrons. The van der Waals surface area contributed by atoms with Crippen LogP contribution in [-0.2, 0) is 4.79 Å². The lowest BCUT2D eigenvalue weighted by atomic mass is 9.90. The standard InChI is InChI=1S/C15H17FN2O2/c1-10-6-11(8-17)2-3-13(10)14-7-12(16)4-5-18(14)15(20)9-19/h2-3,6,12,14,19H,4-5,7,9H2,1H3. The molecular weight excluding hydrogens is 259 g/mol. The maximum absolute atomic E-state index is 13.7. The van der Waals surface area contributed by atoms with Gasteiger partial charge in [0.05, 0.1) is 17.7 Å². The lowest BCUT2D eigenvalue weighted by Gasteiger charge is -2.38. The van der Waals surface area contributed by atoms with Crippen LogP contribution in [0.3, 0.4) is 0 Å². The van der Waals surface area contributed by atoms with Crippen LogP contribution in [0.15, 0.2) is 18.2 Å². The Labute approximate surface area is 117 Å². The molecule has 1 fully saturated rings. The second kappa shape index (κ2) is 6.02.